The lowest BCUT2D eigenvalue weighted by atomic mass is 10.0. The number of hydrogen-bond donors (Lipinski definition) is 0. The number of halogens is 1. The third-order valence-corrected chi connectivity index (χ3v) is 1.97. The Morgan fingerprint density at radius 1 is 1.46 bits per heavy atom. The van der Waals surface area contributed by atoms with Crippen molar-refractivity contribution in [3.63, 3.8) is 0 Å². The molecule has 68 valence electrons. The Morgan fingerprint density at radius 2 is 2.15 bits per heavy atom. The first-order valence-electron chi connectivity index (χ1n) is 4.08. The summed E-state index contributed by atoms with van der Waals surface area (Å²) in [5, 5.41) is 0.651. The van der Waals surface area contributed by atoms with Gasteiger partial charge in [0.2, 0.25) is 0 Å². The molecule has 0 amide bonds. The summed E-state index contributed by atoms with van der Waals surface area (Å²) in [6, 6.07) is 5.27. The van der Waals surface area contributed by atoms with Gasteiger partial charge in [0.1, 0.15) is 0 Å². The van der Waals surface area contributed by atoms with E-state index in [-0.39, 0.29) is 5.78 Å². The lowest BCUT2D eigenvalue weighted by Gasteiger charge is -2.01. The fraction of sp³-hybridized carbons (Fsp3) is 0.182. The van der Waals surface area contributed by atoms with E-state index >= 15 is 0 Å². The Bertz CT molecular complexity index is 353. The highest BCUT2D eigenvalue weighted by Gasteiger charge is 2.04. The molecule has 0 aliphatic heterocycles. The second-order valence-corrected chi connectivity index (χ2v) is 3.22. The molecule has 0 saturated carbocycles. The Morgan fingerprint density at radius 3 is 2.69 bits per heavy atom. The average Bonchev–Trinajstić information content (AvgIpc) is 2.04. The first-order valence-corrected chi connectivity index (χ1v) is 4.46. The molecule has 0 saturated heterocycles. The van der Waals surface area contributed by atoms with Crippen LogP contribution in [-0.2, 0) is 0 Å². The van der Waals surface area contributed by atoms with Gasteiger partial charge in [0.15, 0.2) is 5.78 Å². The van der Waals surface area contributed by atoms with Crippen LogP contribution in [0.2, 0.25) is 5.02 Å². The van der Waals surface area contributed by atoms with Crippen molar-refractivity contribution >= 4 is 23.5 Å². The predicted octanol–water partition coefficient (Wildman–Crippen LogP) is 3.58. The van der Waals surface area contributed by atoms with E-state index in [0.29, 0.717) is 10.6 Å². The van der Waals surface area contributed by atoms with Crippen LogP contribution in [0.15, 0.2) is 24.3 Å². The highest BCUT2D eigenvalue weighted by molar-refractivity contribution is 6.30. The minimum Gasteiger partial charge on any atom is -0.294 e. The number of hydrogen-bond acceptors (Lipinski definition) is 1. The van der Waals surface area contributed by atoms with E-state index in [0.717, 1.165) is 5.56 Å². The van der Waals surface area contributed by atoms with Crippen molar-refractivity contribution in [3.05, 3.63) is 40.4 Å². The van der Waals surface area contributed by atoms with Crippen molar-refractivity contribution < 1.29 is 4.79 Å². The van der Waals surface area contributed by atoms with Crippen LogP contribution < -0.4 is 0 Å². The van der Waals surface area contributed by atoms with Crippen molar-refractivity contribution in [2.24, 2.45) is 0 Å². The van der Waals surface area contributed by atoms with Crippen LogP contribution in [-0.4, -0.2) is 5.78 Å². The molecule has 0 spiro atoms. The van der Waals surface area contributed by atoms with Crippen molar-refractivity contribution in [1.29, 1.82) is 0 Å². The third kappa shape index (κ3) is 2.43. The number of carbonyl (C=O) groups is 1. The molecule has 0 heterocycles. The summed E-state index contributed by atoms with van der Waals surface area (Å²) >= 11 is 5.81. The Hall–Kier alpha value is -1.08. The van der Waals surface area contributed by atoms with Crippen LogP contribution in [0.3, 0.4) is 0 Å². The van der Waals surface area contributed by atoms with Crippen molar-refractivity contribution in [3.8, 4) is 0 Å². The summed E-state index contributed by atoms with van der Waals surface area (Å²) in [6.07, 6.45) is 3.76. The lowest BCUT2D eigenvalue weighted by molar-refractivity contribution is 0.101. The van der Waals surface area contributed by atoms with Crippen LogP contribution in [0, 0.1) is 0 Å². The maximum absolute atomic E-state index is 11.2. The van der Waals surface area contributed by atoms with Crippen LogP contribution in [0.5, 0.6) is 0 Å². The van der Waals surface area contributed by atoms with E-state index in [1.807, 2.05) is 19.1 Å². The molecule has 1 rings (SSSR count). The van der Waals surface area contributed by atoms with Gasteiger partial charge in [0, 0.05) is 10.6 Å². The summed E-state index contributed by atoms with van der Waals surface area (Å²) in [4.78, 5) is 11.2. The molecule has 0 radical (unpaired) electrons. The smallest absolute Gasteiger partial charge is 0.160 e. The SMILES string of the molecule is CC=Cc1cc(Cl)ccc1C(C)=O. The zero-order valence-electron chi connectivity index (χ0n) is 7.67. The summed E-state index contributed by atoms with van der Waals surface area (Å²) in [7, 11) is 0. The lowest BCUT2D eigenvalue weighted by Crippen LogP contribution is -1.95. The largest absolute Gasteiger partial charge is 0.294 e. The van der Waals surface area contributed by atoms with Crippen molar-refractivity contribution in [2.75, 3.05) is 0 Å². The normalized spacial score (nSPS) is 10.7. The topological polar surface area (TPSA) is 17.1 Å². The first-order chi connectivity index (χ1) is 6.15. The molecule has 0 atom stereocenters. The van der Waals surface area contributed by atoms with E-state index in [4.69, 9.17) is 11.6 Å². The Kier molecular flexibility index (Phi) is 3.26. The van der Waals surface area contributed by atoms with Gasteiger partial charge in [-0.05, 0) is 37.6 Å². The van der Waals surface area contributed by atoms with Gasteiger partial charge >= 0.3 is 0 Å². The zero-order valence-corrected chi connectivity index (χ0v) is 8.43. The maximum Gasteiger partial charge on any atom is 0.160 e. The molecule has 1 nitrogen and oxygen atoms in total. The van der Waals surface area contributed by atoms with Gasteiger partial charge in [0.25, 0.3) is 0 Å². The van der Waals surface area contributed by atoms with Gasteiger partial charge in [0.05, 0.1) is 0 Å². The molecule has 0 aliphatic rings. The number of Topliss-reactive ketones (excluding diaryl/α,β-unsaturated/α-hetero) is 1. The summed E-state index contributed by atoms with van der Waals surface area (Å²) in [5.74, 6) is 0.0600. The molecule has 0 unspecified atom stereocenters. The fourth-order valence-corrected chi connectivity index (χ4v) is 1.35. The molecular formula is C11H11ClO. The molecule has 13 heavy (non-hydrogen) atoms. The molecule has 0 aromatic heterocycles. The zero-order chi connectivity index (χ0) is 9.84. The summed E-state index contributed by atoms with van der Waals surface area (Å²) < 4.78 is 0. The monoisotopic (exact) mass is 194 g/mol. The molecule has 0 fully saturated rings. The van der Waals surface area contributed by atoms with Gasteiger partial charge in [-0.1, -0.05) is 23.8 Å². The highest BCUT2D eigenvalue weighted by atomic mass is 35.5. The van der Waals surface area contributed by atoms with Gasteiger partial charge < -0.3 is 0 Å². The molecule has 0 N–H and O–H groups in total. The van der Waals surface area contributed by atoms with Gasteiger partial charge in [-0.2, -0.15) is 0 Å². The Labute approximate surface area is 83.0 Å². The van der Waals surface area contributed by atoms with Gasteiger partial charge in [-0.3, -0.25) is 4.79 Å². The highest BCUT2D eigenvalue weighted by Crippen LogP contribution is 2.17. The Balaban J connectivity index is 3.26. The minimum absolute atomic E-state index is 0.0600. The number of carbonyl (C=O) groups excluding carboxylic acids is 1. The molecular weight excluding hydrogens is 184 g/mol. The predicted molar refractivity (Wildman–Crippen MR) is 56.2 cm³/mol. The molecule has 0 bridgehead atoms. The standard InChI is InChI=1S/C11H11ClO/c1-3-4-9-7-10(12)5-6-11(9)8(2)13/h3-7H,1-2H3. The van der Waals surface area contributed by atoms with Crippen LogP contribution in [0.25, 0.3) is 6.08 Å². The first kappa shape index (κ1) is 10.0. The van der Waals surface area contributed by atoms with Crippen LogP contribution in [0.1, 0.15) is 29.8 Å². The second kappa shape index (κ2) is 4.24. The second-order valence-electron chi connectivity index (χ2n) is 2.79. The van der Waals surface area contributed by atoms with Crippen LogP contribution >= 0.6 is 11.6 Å². The van der Waals surface area contributed by atoms with Gasteiger partial charge in [-0.25, -0.2) is 0 Å². The number of rotatable bonds is 2. The van der Waals surface area contributed by atoms with E-state index in [2.05, 4.69) is 0 Å². The van der Waals surface area contributed by atoms with E-state index in [1.54, 1.807) is 25.1 Å². The number of allylic oxidation sites excluding steroid dienone is 1. The molecule has 1 aromatic rings. The van der Waals surface area contributed by atoms with Gasteiger partial charge in [-0.15, -0.1) is 0 Å². The quantitative estimate of drug-likeness (QED) is 0.658. The summed E-state index contributed by atoms with van der Waals surface area (Å²) in [6.45, 7) is 3.46. The maximum atomic E-state index is 11.2. The molecule has 0 aliphatic carbocycles. The molecule has 1 aromatic carbocycles. The minimum atomic E-state index is 0.0600. The van der Waals surface area contributed by atoms with E-state index in [1.165, 1.54) is 0 Å². The molecule has 2 heteroatoms. The third-order valence-electron chi connectivity index (χ3n) is 1.74. The average molecular weight is 195 g/mol. The van der Waals surface area contributed by atoms with Crippen molar-refractivity contribution in [1.82, 2.24) is 0 Å². The number of benzene rings is 1. The number of ketones is 1. The fourth-order valence-electron chi connectivity index (χ4n) is 1.17. The van der Waals surface area contributed by atoms with Crippen molar-refractivity contribution in [2.45, 2.75) is 13.8 Å². The van der Waals surface area contributed by atoms with Crippen LogP contribution in [0.4, 0.5) is 0 Å². The van der Waals surface area contributed by atoms with E-state index < -0.39 is 0 Å². The van der Waals surface area contributed by atoms with E-state index in [9.17, 15) is 4.79 Å². The summed E-state index contributed by atoms with van der Waals surface area (Å²) in [5.41, 5.74) is 1.59.